The minimum absolute atomic E-state index is 0.107. The summed E-state index contributed by atoms with van der Waals surface area (Å²) in [6.45, 7) is 1.79. The van der Waals surface area contributed by atoms with E-state index in [2.05, 4.69) is 5.32 Å². The number of ether oxygens (including phenoxy) is 2. The largest absolute Gasteiger partial charge is 0.496 e. The number of thioether (sulfide) groups is 1. The minimum Gasteiger partial charge on any atom is -0.496 e. The summed E-state index contributed by atoms with van der Waals surface area (Å²) in [5.74, 6) is 0.0747. The number of rotatable bonds is 9. The van der Waals surface area contributed by atoms with Crippen molar-refractivity contribution in [2.75, 3.05) is 19.1 Å². The van der Waals surface area contributed by atoms with E-state index in [-0.39, 0.29) is 6.61 Å². The fourth-order valence-corrected chi connectivity index (χ4v) is 3.73. The van der Waals surface area contributed by atoms with Gasteiger partial charge in [0, 0.05) is 17.0 Å². The van der Waals surface area contributed by atoms with Gasteiger partial charge in [0.2, 0.25) is 0 Å². The Labute approximate surface area is 190 Å². The van der Waals surface area contributed by atoms with Crippen molar-refractivity contribution in [1.82, 2.24) is 5.32 Å². The number of hydrogen-bond donors (Lipinski definition) is 1. The van der Waals surface area contributed by atoms with Crippen LogP contribution in [0.4, 0.5) is 0 Å². The predicted octanol–water partition coefficient (Wildman–Crippen LogP) is 3.70. The quantitative estimate of drug-likeness (QED) is 0.388. The highest BCUT2D eigenvalue weighted by atomic mass is 32.2. The number of para-hydroxylation sites is 1. The maximum absolute atomic E-state index is 12.8. The van der Waals surface area contributed by atoms with Crippen molar-refractivity contribution in [3.05, 3.63) is 75.6 Å². The first-order valence-corrected chi connectivity index (χ1v) is 11.4. The molecule has 7 nitrogen and oxygen atoms in total. The van der Waals surface area contributed by atoms with Crippen molar-refractivity contribution in [2.24, 2.45) is 0 Å². The van der Waals surface area contributed by atoms with E-state index < -0.39 is 23.5 Å². The van der Waals surface area contributed by atoms with Gasteiger partial charge in [0.15, 0.2) is 0 Å². The van der Waals surface area contributed by atoms with Gasteiger partial charge >= 0.3 is 11.6 Å². The Balaban J connectivity index is 1.76. The Morgan fingerprint density at radius 2 is 1.94 bits per heavy atom. The lowest BCUT2D eigenvalue weighted by atomic mass is 10.1. The summed E-state index contributed by atoms with van der Waals surface area (Å²) in [6, 6.07) is 12.7. The predicted molar refractivity (Wildman–Crippen MR) is 124 cm³/mol. The standard InChI is InChI=1S/C24H25NO6S/c1-15-8-9-17-16(13-22(26)31-21(17)12-15)14-30-24(28)19(10-11-32-3)25-23(27)18-6-4-5-7-20(18)29-2/h4-9,12-13,19H,10-11,14H2,1-3H3,(H,25,27)/t19-/m0/s1. The number of carbonyl (C=O) groups excluding carboxylic acids is 2. The van der Waals surface area contributed by atoms with Gasteiger partial charge in [-0.3, -0.25) is 4.79 Å². The number of aryl methyl sites for hydroxylation is 1. The van der Waals surface area contributed by atoms with Crippen LogP contribution in [0.15, 0.2) is 57.7 Å². The zero-order chi connectivity index (χ0) is 23.1. The Morgan fingerprint density at radius 1 is 1.16 bits per heavy atom. The van der Waals surface area contributed by atoms with Crippen molar-refractivity contribution >= 4 is 34.6 Å². The third kappa shape index (κ3) is 5.70. The molecule has 0 saturated heterocycles. The SMILES string of the molecule is COc1ccccc1C(=O)N[C@@H](CCSC)C(=O)OCc1cc(=O)oc2cc(C)ccc12. The van der Waals surface area contributed by atoms with Gasteiger partial charge in [0.05, 0.1) is 12.7 Å². The average Bonchev–Trinajstić information content (AvgIpc) is 2.79. The highest BCUT2D eigenvalue weighted by molar-refractivity contribution is 7.98. The van der Waals surface area contributed by atoms with Crippen LogP contribution in [0, 0.1) is 6.92 Å². The molecule has 2 aromatic carbocycles. The molecule has 3 rings (SSSR count). The van der Waals surface area contributed by atoms with E-state index in [4.69, 9.17) is 13.9 Å². The maximum Gasteiger partial charge on any atom is 0.336 e. The molecule has 1 amide bonds. The van der Waals surface area contributed by atoms with Crippen LogP contribution in [0.3, 0.4) is 0 Å². The molecule has 0 aliphatic carbocycles. The summed E-state index contributed by atoms with van der Waals surface area (Å²) < 4.78 is 16.0. The van der Waals surface area contributed by atoms with Crippen LogP contribution >= 0.6 is 11.8 Å². The number of amides is 1. The second-order valence-electron chi connectivity index (χ2n) is 7.21. The summed E-state index contributed by atoms with van der Waals surface area (Å²) >= 11 is 1.56. The average molecular weight is 456 g/mol. The van der Waals surface area contributed by atoms with E-state index in [0.29, 0.717) is 40.0 Å². The molecule has 0 unspecified atom stereocenters. The molecule has 0 spiro atoms. The van der Waals surface area contributed by atoms with Crippen molar-refractivity contribution < 1.29 is 23.5 Å². The highest BCUT2D eigenvalue weighted by Crippen LogP contribution is 2.20. The molecule has 3 aromatic rings. The molecular weight excluding hydrogens is 430 g/mol. The van der Waals surface area contributed by atoms with E-state index in [1.54, 1.807) is 42.1 Å². The van der Waals surface area contributed by atoms with Crippen LogP contribution in [0.5, 0.6) is 5.75 Å². The van der Waals surface area contributed by atoms with Gasteiger partial charge in [-0.1, -0.05) is 24.3 Å². The molecule has 8 heteroatoms. The molecule has 1 atom stereocenters. The maximum atomic E-state index is 12.8. The van der Waals surface area contributed by atoms with Gasteiger partial charge < -0.3 is 19.2 Å². The molecule has 0 bridgehead atoms. The highest BCUT2D eigenvalue weighted by Gasteiger charge is 2.24. The van der Waals surface area contributed by atoms with Crippen LogP contribution in [-0.2, 0) is 16.1 Å². The second kappa shape index (κ2) is 10.9. The third-order valence-electron chi connectivity index (χ3n) is 4.91. The first-order valence-electron chi connectivity index (χ1n) is 10.1. The van der Waals surface area contributed by atoms with Crippen molar-refractivity contribution in [2.45, 2.75) is 26.0 Å². The zero-order valence-corrected chi connectivity index (χ0v) is 19.0. The lowest BCUT2D eigenvalue weighted by Crippen LogP contribution is -2.42. The number of carbonyl (C=O) groups is 2. The van der Waals surface area contributed by atoms with E-state index in [0.717, 1.165) is 5.56 Å². The van der Waals surface area contributed by atoms with E-state index in [1.807, 2.05) is 25.3 Å². The van der Waals surface area contributed by atoms with E-state index in [9.17, 15) is 14.4 Å². The van der Waals surface area contributed by atoms with Gasteiger partial charge in [-0.25, -0.2) is 9.59 Å². The van der Waals surface area contributed by atoms with Gasteiger partial charge in [-0.15, -0.1) is 0 Å². The second-order valence-corrected chi connectivity index (χ2v) is 8.19. The zero-order valence-electron chi connectivity index (χ0n) is 18.2. The fraction of sp³-hybridized carbons (Fsp3) is 0.292. The Morgan fingerprint density at radius 3 is 2.69 bits per heavy atom. The molecule has 1 aromatic heterocycles. The first kappa shape index (κ1) is 23.4. The first-order chi connectivity index (χ1) is 15.4. The number of nitrogens with one attached hydrogen (secondary N) is 1. The van der Waals surface area contributed by atoms with Crippen molar-refractivity contribution in [3.8, 4) is 5.75 Å². The van der Waals surface area contributed by atoms with Gasteiger partial charge in [-0.05, 0) is 49.1 Å². The number of methoxy groups -OCH3 is 1. The summed E-state index contributed by atoms with van der Waals surface area (Å²) in [4.78, 5) is 37.5. The van der Waals surface area contributed by atoms with E-state index >= 15 is 0 Å². The summed E-state index contributed by atoms with van der Waals surface area (Å²) in [5.41, 5.74) is 1.75. The number of esters is 1. The Hall–Kier alpha value is -3.26. The fourth-order valence-electron chi connectivity index (χ4n) is 3.26. The van der Waals surface area contributed by atoms with Crippen LogP contribution in [0.2, 0.25) is 0 Å². The molecule has 32 heavy (non-hydrogen) atoms. The van der Waals surface area contributed by atoms with Gasteiger partial charge in [-0.2, -0.15) is 11.8 Å². The summed E-state index contributed by atoms with van der Waals surface area (Å²) in [6.07, 6.45) is 2.32. The Bertz CT molecular complexity index is 1170. The molecule has 0 fully saturated rings. The topological polar surface area (TPSA) is 94.8 Å². The van der Waals surface area contributed by atoms with Crippen LogP contribution in [0.1, 0.15) is 27.9 Å². The normalized spacial score (nSPS) is 11.7. The van der Waals surface area contributed by atoms with Gasteiger partial charge in [0.25, 0.3) is 5.91 Å². The third-order valence-corrected chi connectivity index (χ3v) is 5.55. The van der Waals surface area contributed by atoms with Gasteiger partial charge in [0.1, 0.15) is 24.0 Å². The van der Waals surface area contributed by atoms with Crippen LogP contribution in [-0.4, -0.2) is 37.0 Å². The summed E-state index contributed by atoms with van der Waals surface area (Å²) in [7, 11) is 1.48. The molecule has 0 aliphatic heterocycles. The minimum atomic E-state index is -0.839. The number of hydrogen-bond acceptors (Lipinski definition) is 7. The summed E-state index contributed by atoms with van der Waals surface area (Å²) in [5, 5.41) is 3.44. The van der Waals surface area contributed by atoms with Crippen molar-refractivity contribution in [1.29, 1.82) is 0 Å². The smallest absolute Gasteiger partial charge is 0.336 e. The lowest BCUT2D eigenvalue weighted by Gasteiger charge is -2.18. The van der Waals surface area contributed by atoms with E-state index in [1.165, 1.54) is 13.2 Å². The molecule has 1 N–H and O–H groups in total. The van der Waals surface area contributed by atoms with Crippen LogP contribution < -0.4 is 15.7 Å². The number of benzene rings is 2. The molecular formula is C24H25NO6S. The molecule has 0 radical (unpaired) electrons. The molecule has 168 valence electrons. The molecule has 0 saturated carbocycles. The molecule has 0 aliphatic rings. The molecule has 1 heterocycles. The van der Waals surface area contributed by atoms with Crippen molar-refractivity contribution in [3.63, 3.8) is 0 Å². The monoisotopic (exact) mass is 455 g/mol. The van der Waals surface area contributed by atoms with Crippen LogP contribution in [0.25, 0.3) is 11.0 Å². The lowest BCUT2D eigenvalue weighted by molar-refractivity contribution is -0.147. The Kier molecular flexibility index (Phi) is 7.94. The number of fused-ring (bicyclic) bond motifs is 1.